The highest BCUT2D eigenvalue weighted by Crippen LogP contribution is 2.31. The highest BCUT2D eigenvalue weighted by molar-refractivity contribution is 6.05. The van der Waals surface area contributed by atoms with E-state index in [4.69, 9.17) is 0 Å². The predicted octanol–water partition coefficient (Wildman–Crippen LogP) is 1.58. The van der Waals surface area contributed by atoms with Gasteiger partial charge < -0.3 is 20.9 Å². The van der Waals surface area contributed by atoms with E-state index in [2.05, 4.69) is 16.0 Å². The number of anilines is 3. The molecule has 0 saturated carbocycles. The van der Waals surface area contributed by atoms with Crippen molar-refractivity contribution in [1.82, 2.24) is 10.2 Å². The molecule has 1 aliphatic rings. The van der Waals surface area contributed by atoms with Gasteiger partial charge in [-0.15, -0.1) is 0 Å². The number of rotatable bonds is 7. The Morgan fingerprint density at radius 3 is 2.52 bits per heavy atom. The highest BCUT2D eigenvalue weighted by atomic mass is 19.1. The molecule has 4 amide bonds. The van der Waals surface area contributed by atoms with E-state index in [-0.39, 0.29) is 43.9 Å². The van der Waals surface area contributed by atoms with Crippen molar-refractivity contribution in [3.63, 3.8) is 0 Å². The quantitative estimate of drug-likeness (QED) is 0.587. The van der Waals surface area contributed by atoms with Crippen molar-refractivity contribution in [3.8, 4) is 0 Å². The van der Waals surface area contributed by atoms with E-state index in [1.807, 2.05) is 0 Å². The first kappa shape index (κ1) is 23.9. The van der Waals surface area contributed by atoms with Crippen LogP contribution in [0.1, 0.15) is 13.3 Å². The zero-order valence-corrected chi connectivity index (χ0v) is 18.4. The lowest BCUT2D eigenvalue weighted by Crippen LogP contribution is -2.46. The monoisotopic (exact) mass is 455 g/mol. The fraction of sp³-hybridized carbons (Fsp3) is 0.304. The summed E-state index contributed by atoms with van der Waals surface area (Å²) in [5, 5.41) is 7.84. The van der Waals surface area contributed by atoms with Crippen molar-refractivity contribution < 1.29 is 23.6 Å². The average Bonchev–Trinajstić information content (AvgIpc) is 2.87. The third-order valence-electron chi connectivity index (χ3n) is 5.02. The lowest BCUT2D eigenvalue weighted by molar-refractivity contribution is -0.126. The molecule has 3 N–H and O–H groups in total. The number of carbonyl (C=O) groups is 4. The van der Waals surface area contributed by atoms with Gasteiger partial charge in [-0.3, -0.25) is 24.1 Å². The summed E-state index contributed by atoms with van der Waals surface area (Å²) in [6.45, 7) is 1.38. The average molecular weight is 455 g/mol. The lowest BCUT2D eigenvalue weighted by Gasteiger charge is -2.29. The molecule has 2 aromatic carbocycles. The van der Waals surface area contributed by atoms with Gasteiger partial charge in [0.05, 0.1) is 31.0 Å². The van der Waals surface area contributed by atoms with E-state index in [9.17, 15) is 23.6 Å². The number of para-hydroxylation sites is 2. The fourth-order valence-electron chi connectivity index (χ4n) is 3.55. The van der Waals surface area contributed by atoms with E-state index < -0.39 is 17.6 Å². The van der Waals surface area contributed by atoms with E-state index in [1.54, 1.807) is 43.1 Å². The van der Waals surface area contributed by atoms with E-state index in [0.717, 1.165) is 0 Å². The van der Waals surface area contributed by atoms with Gasteiger partial charge in [0.15, 0.2) is 0 Å². The van der Waals surface area contributed by atoms with Gasteiger partial charge in [-0.05, 0) is 50.4 Å². The molecule has 0 bridgehead atoms. The first-order chi connectivity index (χ1) is 15.7. The molecular weight excluding hydrogens is 429 g/mol. The van der Waals surface area contributed by atoms with Crippen LogP contribution in [0.5, 0.6) is 0 Å². The molecule has 1 heterocycles. The number of nitrogens with one attached hydrogen (secondary N) is 3. The van der Waals surface area contributed by atoms with Crippen molar-refractivity contribution in [2.45, 2.75) is 19.4 Å². The first-order valence-electron chi connectivity index (χ1n) is 10.4. The maximum absolute atomic E-state index is 13.0. The predicted molar refractivity (Wildman–Crippen MR) is 122 cm³/mol. The van der Waals surface area contributed by atoms with Crippen LogP contribution in [0.15, 0.2) is 48.5 Å². The molecule has 33 heavy (non-hydrogen) atoms. The summed E-state index contributed by atoms with van der Waals surface area (Å²) in [7, 11) is 1.62. The number of likely N-dealkylation sites (N-methyl/N-ethyl adjacent to an activating group) is 1. The van der Waals surface area contributed by atoms with Crippen LogP contribution in [0, 0.1) is 5.82 Å². The van der Waals surface area contributed by atoms with Crippen LogP contribution in [0.2, 0.25) is 0 Å². The smallest absolute Gasteiger partial charge is 0.243 e. The SMILES string of the molecule is C[C@H]1CC(=O)Nc2ccccc2N1C(=O)CN(C)CC(=O)NCC(=O)Nc1ccc(F)cc1. The van der Waals surface area contributed by atoms with Gasteiger partial charge in [0.1, 0.15) is 5.82 Å². The number of nitrogens with zero attached hydrogens (tertiary/aromatic N) is 2. The largest absolute Gasteiger partial charge is 0.346 e. The van der Waals surface area contributed by atoms with Crippen molar-refractivity contribution in [1.29, 1.82) is 0 Å². The highest BCUT2D eigenvalue weighted by Gasteiger charge is 2.30. The van der Waals surface area contributed by atoms with Gasteiger partial charge >= 0.3 is 0 Å². The molecule has 9 nitrogen and oxygen atoms in total. The van der Waals surface area contributed by atoms with Gasteiger partial charge in [-0.2, -0.15) is 0 Å². The molecule has 1 atom stereocenters. The standard InChI is InChI=1S/C23H26FN5O4/c1-15-11-20(30)27-18-5-3-4-6-19(18)29(15)23(33)14-28(2)13-22(32)25-12-21(31)26-17-9-7-16(24)8-10-17/h3-10,15H,11-14H2,1-2H3,(H,25,32)(H,26,31)(H,27,30)/t15-/m0/s1. The van der Waals surface area contributed by atoms with Crippen LogP contribution in [0.3, 0.4) is 0 Å². The maximum atomic E-state index is 13.0. The van der Waals surface area contributed by atoms with Crippen LogP contribution >= 0.6 is 0 Å². The third kappa shape index (κ3) is 6.59. The van der Waals surface area contributed by atoms with Gasteiger partial charge in [-0.25, -0.2) is 4.39 Å². The topological polar surface area (TPSA) is 111 Å². The Kier molecular flexibility index (Phi) is 7.73. The first-order valence-corrected chi connectivity index (χ1v) is 10.4. The minimum Gasteiger partial charge on any atom is -0.346 e. The number of fused-ring (bicyclic) bond motifs is 1. The summed E-state index contributed by atoms with van der Waals surface area (Å²) < 4.78 is 12.9. The third-order valence-corrected chi connectivity index (χ3v) is 5.02. The molecule has 0 aromatic heterocycles. The van der Waals surface area contributed by atoms with Crippen molar-refractivity contribution >= 4 is 40.7 Å². The van der Waals surface area contributed by atoms with Gasteiger partial charge in [0, 0.05) is 18.2 Å². The maximum Gasteiger partial charge on any atom is 0.243 e. The van der Waals surface area contributed by atoms with Crippen LogP contribution in [0.25, 0.3) is 0 Å². The Bertz CT molecular complexity index is 1040. The van der Waals surface area contributed by atoms with Gasteiger partial charge in [-0.1, -0.05) is 12.1 Å². The molecule has 0 fully saturated rings. The molecule has 3 rings (SSSR count). The molecule has 0 unspecified atom stereocenters. The molecule has 0 aliphatic carbocycles. The lowest BCUT2D eigenvalue weighted by atomic mass is 10.1. The number of amides is 4. The van der Waals surface area contributed by atoms with Crippen LogP contribution < -0.4 is 20.9 Å². The molecule has 2 aromatic rings. The zero-order chi connectivity index (χ0) is 24.0. The van der Waals surface area contributed by atoms with Crippen LogP contribution in [-0.2, 0) is 19.2 Å². The molecule has 0 spiro atoms. The Morgan fingerprint density at radius 2 is 1.79 bits per heavy atom. The second kappa shape index (κ2) is 10.7. The number of carbonyl (C=O) groups excluding carboxylic acids is 4. The summed E-state index contributed by atoms with van der Waals surface area (Å²) in [5.41, 5.74) is 1.59. The number of hydrogen-bond donors (Lipinski definition) is 3. The summed E-state index contributed by atoms with van der Waals surface area (Å²) >= 11 is 0. The molecular formula is C23H26FN5O4. The Balaban J connectivity index is 1.51. The molecule has 1 aliphatic heterocycles. The molecule has 10 heteroatoms. The zero-order valence-electron chi connectivity index (χ0n) is 18.4. The fourth-order valence-corrected chi connectivity index (χ4v) is 3.55. The van der Waals surface area contributed by atoms with Crippen LogP contribution in [-0.4, -0.2) is 61.3 Å². The second-order valence-electron chi connectivity index (χ2n) is 7.89. The summed E-state index contributed by atoms with van der Waals surface area (Å²) in [6, 6.07) is 12.0. The molecule has 174 valence electrons. The number of benzene rings is 2. The Labute approximate surface area is 190 Å². The van der Waals surface area contributed by atoms with Crippen molar-refractivity contribution in [2.24, 2.45) is 0 Å². The van der Waals surface area contributed by atoms with Crippen molar-refractivity contribution in [2.75, 3.05) is 42.2 Å². The Morgan fingerprint density at radius 1 is 1.09 bits per heavy atom. The summed E-state index contributed by atoms with van der Waals surface area (Å²) in [6.07, 6.45) is 0.161. The summed E-state index contributed by atoms with van der Waals surface area (Å²) in [4.78, 5) is 52.4. The minimum atomic E-state index is -0.458. The van der Waals surface area contributed by atoms with Gasteiger partial charge in [0.25, 0.3) is 0 Å². The van der Waals surface area contributed by atoms with E-state index in [1.165, 1.54) is 29.2 Å². The van der Waals surface area contributed by atoms with E-state index >= 15 is 0 Å². The number of hydrogen-bond acceptors (Lipinski definition) is 5. The molecule has 0 radical (unpaired) electrons. The van der Waals surface area contributed by atoms with Crippen LogP contribution in [0.4, 0.5) is 21.5 Å². The van der Waals surface area contributed by atoms with Crippen molar-refractivity contribution in [3.05, 3.63) is 54.3 Å². The normalized spacial score (nSPS) is 15.3. The second-order valence-corrected chi connectivity index (χ2v) is 7.89. The summed E-state index contributed by atoms with van der Waals surface area (Å²) in [5.74, 6) is -1.73. The van der Waals surface area contributed by atoms with Gasteiger partial charge in [0.2, 0.25) is 23.6 Å². The molecule has 0 saturated heterocycles. The number of halogens is 1. The van der Waals surface area contributed by atoms with E-state index in [0.29, 0.717) is 17.1 Å². The Hall–Kier alpha value is -3.79. The minimum absolute atomic E-state index is 0.0535.